The van der Waals surface area contributed by atoms with Crippen molar-refractivity contribution in [1.82, 2.24) is 20.0 Å². The molecule has 2 aromatic heterocycles. The third-order valence-electron chi connectivity index (χ3n) is 6.21. The molecule has 1 fully saturated rings. The van der Waals surface area contributed by atoms with E-state index in [2.05, 4.69) is 21.2 Å². The average Bonchev–Trinajstić information content (AvgIpc) is 3.42. The molecular weight excluding hydrogens is 388 g/mol. The summed E-state index contributed by atoms with van der Waals surface area (Å²) in [5, 5.41) is 5.30. The molecule has 6 nitrogen and oxygen atoms in total. The van der Waals surface area contributed by atoms with Gasteiger partial charge < -0.3 is 14.4 Å². The van der Waals surface area contributed by atoms with Crippen LogP contribution in [0.3, 0.4) is 0 Å². The van der Waals surface area contributed by atoms with Crippen molar-refractivity contribution < 1.29 is 9.32 Å². The molecule has 1 aliphatic heterocycles. The molecule has 4 aromatic rings. The van der Waals surface area contributed by atoms with Crippen LogP contribution in [0.1, 0.15) is 29.9 Å². The van der Waals surface area contributed by atoms with Gasteiger partial charge in [0.1, 0.15) is 0 Å². The quantitative estimate of drug-likeness (QED) is 0.520. The molecular formula is C25H26N4O2. The second-order valence-electron chi connectivity index (χ2n) is 8.42. The monoisotopic (exact) mass is 414 g/mol. The zero-order chi connectivity index (χ0) is 21.2. The first-order valence-corrected chi connectivity index (χ1v) is 10.9. The highest BCUT2D eigenvalue weighted by Crippen LogP contribution is 2.25. The van der Waals surface area contributed by atoms with E-state index in [-0.39, 0.29) is 5.91 Å². The second-order valence-corrected chi connectivity index (χ2v) is 8.42. The van der Waals surface area contributed by atoms with Gasteiger partial charge in [0.25, 0.3) is 0 Å². The van der Waals surface area contributed by atoms with Gasteiger partial charge in [0.05, 0.1) is 6.42 Å². The van der Waals surface area contributed by atoms with Gasteiger partial charge in [0, 0.05) is 42.2 Å². The number of fused-ring (bicyclic) bond motifs is 1. The fourth-order valence-electron chi connectivity index (χ4n) is 4.53. The minimum Gasteiger partial charge on any atom is -0.361 e. The number of aromatic nitrogens is 3. The summed E-state index contributed by atoms with van der Waals surface area (Å²) in [4.78, 5) is 22.9. The van der Waals surface area contributed by atoms with E-state index in [1.807, 2.05) is 60.5 Å². The van der Waals surface area contributed by atoms with Crippen molar-refractivity contribution in [3.63, 3.8) is 0 Å². The van der Waals surface area contributed by atoms with E-state index < -0.39 is 0 Å². The Morgan fingerprint density at radius 2 is 2.03 bits per heavy atom. The minimum atomic E-state index is 0.181. The van der Waals surface area contributed by atoms with E-state index >= 15 is 0 Å². The van der Waals surface area contributed by atoms with Gasteiger partial charge in [-0.05, 0) is 42.9 Å². The zero-order valence-electron chi connectivity index (χ0n) is 17.7. The van der Waals surface area contributed by atoms with E-state index in [0.717, 1.165) is 53.5 Å². The summed E-state index contributed by atoms with van der Waals surface area (Å²) in [6.07, 6.45) is 5.15. The van der Waals surface area contributed by atoms with Crippen LogP contribution >= 0.6 is 0 Å². The van der Waals surface area contributed by atoms with Crippen LogP contribution in [0.2, 0.25) is 0 Å². The van der Waals surface area contributed by atoms with Gasteiger partial charge in [-0.15, -0.1) is 0 Å². The first-order valence-electron chi connectivity index (χ1n) is 10.9. The van der Waals surface area contributed by atoms with Crippen LogP contribution in [0.15, 0.2) is 59.3 Å². The number of aromatic amines is 1. The summed E-state index contributed by atoms with van der Waals surface area (Å²) in [7, 11) is 0. The molecule has 0 aliphatic carbocycles. The molecule has 0 bridgehead atoms. The fraction of sp³-hybridized carbons (Fsp3) is 0.320. The number of hydrogen-bond donors (Lipinski definition) is 1. The van der Waals surface area contributed by atoms with Crippen LogP contribution in [0.5, 0.6) is 0 Å². The van der Waals surface area contributed by atoms with Crippen LogP contribution in [0, 0.1) is 12.8 Å². The predicted molar refractivity (Wildman–Crippen MR) is 119 cm³/mol. The summed E-state index contributed by atoms with van der Waals surface area (Å²) in [6, 6.07) is 16.2. The van der Waals surface area contributed by atoms with E-state index in [1.54, 1.807) is 0 Å². The van der Waals surface area contributed by atoms with E-state index in [4.69, 9.17) is 4.52 Å². The van der Waals surface area contributed by atoms with E-state index in [0.29, 0.717) is 30.5 Å². The number of piperidine rings is 1. The summed E-state index contributed by atoms with van der Waals surface area (Å²) in [6.45, 7) is 3.60. The third-order valence-corrected chi connectivity index (χ3v) is 6.21. The van der Waals surface area contributed by atoms with Gasteiger partial charge in [0.2, 0.25) is 17.6 Å². The molecule has 0 radical (unpaired) electrons. The molecule has 0 spiro atoms. The highest BCUT2D eigenvalue weighted by molar-refractivity contribution is 5.88. The molecule has 0 saturated carbocycles. The highest BCUT2D eigenvalue weighted by atomic mass is 16.5. The maximum absolute atomic E-state index is 13.0. The smallest absolute Gasteiger partial charge is 0.227 e. The molecule has 6 heteroatoms. The Morgan fingerprint density at radius 3 is 2.94 bits per heavy atom. The highest BCUT2D eigenvalue weighted by Gasteiger charge is 2.26. The minimum absolute atomic E-state index is 0.181. The molecule has 1 aliphatic rings. The molecule has 3 heterocycles. The van der Waals surface area contributed by atoms with Crippen LogP contribution in [-0.2, 0) is 17.6 Å². The van der Waals surface area contributed by atoms with Gasteiger partial charge in [-0.2, -0.15) is 4.98 Å². The summed E-state index contributed by atoms with van der Waals surface area (Å²) < 4.78 is 5.54. The summed E-state index contributed by atoms with van der Waals surface area (Å²) in [5.74, 6) is 1.80. The Hall–Kier alpha value is -3.41. The lowest BCUT2D eigenvalue weighted by Gasteiger charge is -2.32. The number of benzene rings is 2. The van der Waals surface area contributed by atoms with Crippen LogP contribution in [-0.4, -0.2) is 39.0 Å². The number of hydrogen-bond acceptors (Lipinski definition) is 4. The third kappa shape index (κ3) is 4.10. The first kappa shape index (κ1) is 19.5. The zero-order valence-corrected chi connectivity index (χ0v) is 17.7. The topological polar surface area (TPSA) is 75.0 Å². The van der Waals surface area contributed by atoms with Crippen molar-refractivity contribution in [2.24, 2.45) is 5.92 Å². The van der Waals surface area contributed by atoms with Crippen molar-refractivity contribution in [2.75, 3.05) is 13.1 Å². The Labute approximate surface area is 181 Å². The summed E-state index contributed by atoms with van der Waals surface area (Å²) >= 11 is 0. The summed E-state index contributed by atoms with van der Waals surface area (Å²) in [5.41, 5.74) is 4.25. The van der Waals surface area contributed by atoms with Gasteiger partial charge in [0.15, 0.2) is 0 Å². The lowest BCUT2D eigenvalue weighted by molar-refractivity contribution is -0.132. The van der Waals surface area contributed by atoms with Gasteiger partial charge in [-0.1, -0.05) is 47.6 Å². The fourth-order valence-corrected chi connectivity index (χ4v) is 4.53. The molecule has 31 heavy (non-hydrogen) atoms. The van der Waals surface area contributed by atoms with Crippen LogP contribution in [0.25, 0.3) is 22.3 Å². The van der Waals surface area contributed by atoms with Crippen molar-refractivity contribution >= 4 is 16.8 Å². The number of likely N-dealkylation sites (tertiary alicyclic amines) is 1. The lowest BCUT2D eigenvalue weighted by Crippen LogP contribution is -2.41. The first-order chi connectivity index (χ1) is 15.2. The number of amides is 1. The second kappa shape index (κ2) is 8.38. The number of carbonyl (C=O) groups is 1. The number of H-pyrrole nitrogens is 1. The number of nitrogens with zero attached hydrogens (tertiary/aromatic N) is 3. The maximum atomic E-state index is 13.0. The number of aryl methyl sites for hydroxylation is 1. The van der Waals surface area contributed by atoms with Crippen molar-refractivity contribution in [2.45, 2.75) is 32.6 Å². The Morgan fingerprint density at radius 1 is 1.19 bits per heavy atom. The maximum Gasteiger partial charge on any atom is 0.227 e. The van der Waals surface area contributed by atoms with Gasteiger partial charge >= 0.3 is 0 Å². The predicted octanol–water partition coefficient (Wildman–Crippen LogP) is 4.55. The van der Waals surface area contributed by atoms with Crippen LogP contribution in [0.4, 0.5) is 0 Å². The van der Waals surface area contributed by atoms with Crippen molar-refractivity contribution in [3.8, 4) is 11.4 Å². The molecule has 1 unspecified atom stereocenters. The Kier molecular flexibility index (Phi) is 5.28. The number of nitrogens with one attached hydrogen (secondary N) is 1. The molecule has 158 valence electrons. The largest absolute Gasteiger partial charge is 0.361 e. The average molecular weight is 415 g/mol. The number of para-hydroxylation sites is 1. The van der Waals surface area contributed by atoms with Crippen LogP contribution < -0.4 is 0 Å². The van der Waals surface area contributed by atoms with Gasteiger partial charge in [-0.25, -0.2) is 0 Å². The normalized spacial score (nSPS) is 16.7. The van der Waals surface area contributed by atoms with Crippen molar-refractivity contribution in [3.05, 3.63) is 71.7 Å². The lowest BCUT2D eigenvalue weighted by atomic mass is 9.94. The van der Waals surface area contributed by atoms with Crippen molar-refractivity contribution in [1.29, 1.82) is 0 Å². The molecule has 1 N–H and O–H groups in total. The Bertz CT molecular complexity index is 1210. The molecule has 1 atom stereocenters. The molecule has 1 amide bonds. The van der Waals surface area contributed by atoms with Gasteiger partial charge in [-0.3, -0.25) is 4.79 Å². The molecule has 2 aromatic carbocycles. The van der Waals surface area contributed by atoms with E-state index in [1.165, 1.54) is 0 Å². The SMILES string of the molecule is Cc1ccccc1-c1noc(CC2CCCN(C(=O)Cc3c[nH]c4ccccc34)C2)n1. The van der Waals surface area contributed by atoms with E-state index in [9.17, 15) is 4.79 Å². The molecule has 1 saturated heterocycles. The molecule has 5 rings (SSSR count). The Balaban J connectivity index is 1.23. The number of rotatable bonds is 5. The number of carbonyl (C=O) groups excluding carboxylic acids is 1. The standard InChI is InChI=1S/C25H26N4O2/c1-17-7-2-3-9-20(17)25-27-23(31-28-25)13-18-8-6-12-29(16-18)24(30)14-19-15-26-22-11-5-4-10-21(19)22/h2-5,7,9-11,15,18,26H,6,8,12-14,16H2,1H3.